The average molecular weight is 414 g/mol. The summed E-state index contributed by atoms with van der Waals surface area (Å²) in [6.45, 7) is 2.09. The van der Waals surface area contributed by atoms with Gasteiger partial charge in [0.05, 0.1) is 23.6 Å². The molecule has 2 aromatic rings. The largest absolute Gasteiger partial charge is 0.496 e. The van der Waals surface area contributed by atoms with E-state index in [0.29, 0.717) is 11.5 Å². The second-order valence-corrected chi connectivity index (χ2v) is 8.27. The van der Waals surface area contributed by atoms with Crippen LogP contribution in [-0.2, 0) is 16.6 Å². The Morgan fingerprint density at radius 1 is 1.04 bits per heavy atom. The Bertz CT molecular complexity index is 819. The lowest BCUT2D eigenvalue weighted by Crippen LogP contribution is -2.26. The van der Waals surface area contributed by atoms with Crippen molar-refractivity contribution in [3.05, 3.63) is 52.0 Å². The first kappa shape index (κ1) is 18.8. The second-order valence-electron chi connectivity index (χ2n) is 5.37. The molecule has 0 aliphatic heterocycles. The van der Waals surface area contributed by atoms with Crippen LogP contribution in [0.25, 0.3) is 0 Å². The van der Waals surface area contributed by atoms with Gasteiger partial charge < -0.3 is 9.47 Å². The van der Waals surface area contributed by atoms with Gasteiger partial charge in [-0.2, -0.15) is 4.31 Å². The first-order chi connectivity index (χ1) is 11.3. The molecule has 0 atom stereocenters. The molecule has 5 nitrogen and oxygen atoms in total. The van der Waals surface area contributed by atoms with Crippen LogP contribution in [0.15, 0.2) is 45.8 Å². The predicted octanol–water partition coefficient (Wildman–Crippen LogP) is 3.60. The lowest BCUT2D eigenvalue weighted by molar-refractivity contribution is 0.387. The van der Waals surface area contributed by atoms with E-state index < -0.39 is 10.0 Å². The topological polar surface area (TPSA) is 55.8 Å². The lowest BCUT2D eigenvalue weighted by atomic mass is 10.2. The van der Waals surface area contributed by atoms with Gasteiger partial charge in [-0.15, -0.1) is 0 Å². The van der Waals surface area contributed by atoms with Crippen LogP contribution in [0.4, 0.5) is 0 Å². The van der Waals surface area contributed by atoms with Gasteiger partial charge in [-0.3, -0.25) is 0 Å². The Morgan fingerprint density at radius 3 is 2.17 bits per heavy atom. The van der Waals surface area contributed by atoms with Crippen LogP contribution in [0.2, 0.25) is 0 Å². The van der Waals surface area contributed by atoms with Crippen LogP contribution in [0.5, 0.6) is 11.5 Å². The summed E-state index contributed by atoms with van der Waals surface area (Å²) in [4.78, 5) is 0.263. The molecule has 0 spiro atoms. The summed E-state index contributed by atoms with van der Waals surface area (Å²) in [5.41, 5.74) is 1.73. The summed E-state index contributed by atoms with van der Waals surface area (Å²) < 4.78 is 38.1. The van der Waals surface area contributed by atoms with E-state index in [1.54, 1.807) is 57.7 Å². The zero-order chi connectivity index (χ0) is 17.9. The van der Waals surface area contributed by atoms with Crippen LogP contribution in [0.1, 0.15) is 11.1 Å². The molecule has 0 aliphatic carbocycles. The minimum Gasteiger partial charge on any atom is -0.496 e. The maximum atomic E-state index is 12.7. The molecule has 0 heterocycles. The summed E-state index contributed by atoms with van der Waals surface area (Å²) in [5.74, 6) is 1.21. The summed E-state index contributed by atoms with van der Waals surface area (Å²) in [6.07, 6.45) is 0. The highest BCUT2D eigenvalue weighted by molar-refractivity contribution is 9.10. The van der Waals surface area contributed by atoms with Crippen LogP contribution < -0.4 is 9.47 Å². The Balaban J connectivity index is 2.34. The van der Waals surface area contributed by atoms with Gasteiger partial charge in [-0.25, -0.2) is 8.42 Å². The van der Waals surface area contributed by atoms with Crippen molar-refractivity contribution < 1.29 is 17.9 Å². The Hall–Kier alpha value is -1.57. The van der Waals surface area contributed by atoms with E-state index in [2.05, 4.69) is 15.9 Å². The Morgan fingerprint density at radius 2 is 1.62 bits per heavy atom. The molecule has 0 aliphatic rings. The lowest BCUT2D eigenvalue weighted by Gasteiger charge is -2.20. The van der Waals surface area contributed by atoms with Gasteiger partial charge in [0.25, 0.3) is 0 Å². The van der Waals surface area contributed by atoms with Crippen molar-refractivity contribution in [3.8, 4) is 11.5 Å². The number of nitrogens with zero attached hydrogens (tertiary/aromatic N) is 1. The summed E-state index contributed by atoms with van der Waals surface area (Å²) >= 11 is 3.39. The standard InChI is InChI=1S/C17H20BrNO4S/c1-12-5-7-14(8-6-12)24(20,21)19(2)11-13-9-17(23-4)15(18)10-16(13)22-3/h5-10H,11H2,1-4H3. The highest BCUT2D eigenvalue weighted by Crippen LogP contribution is 2.34. The summed E-state index contributed by atoms with van der Waals surface area (Å²) in [6, 6.07) is 10.3. The van der Waals surface area contributed by atoms with Crippen LogP contribution in [0.3, 0.4) is 0 Å². The Labute approximate surface area is 151 Å². The zero-order valence-corrected chi connectivity index (χ0v) is 16.4. The molecule has 0 amide bonds. The highest BCUT2D eigenvalue weighted by Gasteiger charge is 2.22. The molecule has 0 bridgehead atoms. The third kappa shape index (κ3) is 3.91. The van der Waals surface area contributed by atoms with Gasteiger partial charge in [-0.1, -0.05) is 17.7 Å². The third-order valence-electron chi connectivity index (χ3n) is 3.68. The smallest absolute Gasteiger partial charge is 0.243 e. The monoisotopic (exact) mass is 413 g/mol. The number of sulfonamides is 1. The summed E-state index contributed by atoms with van der Waals surface area (Å²) in [5, 5.41) is 0. The zero-order valence-electron chi connectivity index (χ0n) is 14.0. The summed E-state index contributed by atoms with van der Waals surface area (Å²) in [7, 11) is 1.07. The van der Waals surface area contributed by atoms with Gasteiger partial charge in [-0.05, 0) is 47.1 Å². The molecule has 0 saturated heterocycles. The first-order valence-electron chi connectivity index (χ1n) is 7.23. The fraction of sp³-hybridized carbons (Fsp3) is 0.294. The number of hydrogen-bond donors (Lipinski definition) is 0. The van der Waals surface area contributed by atoms with Crippen molar-refractivity contribution >= 4 is 26.0 Å². The van der Waals surface area contributed by atoms with Gasteiger partial charge in [0, 0.05) is 19.2 Å². The fourth-order valence-corrected chi connectivity index (χ4v) is 3.90. The van der Waals surface area contributed by atoms with E-state index in [0.717, 1.165) is 15.6 Å². The van der Waals surface area contributed by atoms with Crippen molar-refractivity contribution in [3.63, 3.8) is 0 Å². The number of benzene rings is 2. The molecule has 0 unspecified atom stereocenters. The fourth-order valence-electron chi connectivity index (χ4n) is 2.26. The van der Waals surface area contributed by atoms with Gasteiger partial charge >= 0.3 is 0 Å². The average Bonchev–Trinajstić information content (AvgIpc) is 2.56. The number of rotatable bonds is 6. The van der Waals surface area contributed by atoms with Crippen LogP contribution in [0, 0.1) is 6.92 Å². The first-order valence-corrected chi connectivity index (χ1v) is 9.46. The number of methoxy groups -OCH3 is 2. The molecule has 2 rings (SSSR count). The molecular weight excluding hydrogens is 394 g/mol. The molecule has 0 N–H and O–H groups in total. The van der Waals surface area contributed by atoms with Crippen molar-refractivity contribution in [2.24, 2.45) is 0 Å². The van der Waals surface area contributed by atoms with E-state index in [1.165, 1.54) is 4.31 Å². The number of ether oxygens (including phenoxy) is 2. The van der Waals surface area contributed by atoms with Gasteiger partial charge in [0.15, 0.2) is 0 Å². The number of halogens is 1. The molecule has 0 aromatic heterocycles. The van der Waals surface area contributed by atoms with Crippen molar-refractivity contribution in [1.82, 2.24) is 4.31 Å². The van der Waals surface area contributed by atoms with E-state index in [9.17, 15) is 8.42 Å². The second kappa shape index (κ2) is 7.55. The number of aryl methyl sites for hydroxylation is 1. The minimum atomic E-state index is -3.58. The SMILES string of the molecule is COc1cc(CN(C)S(=O)(=O)c2ccc(C)cc2)c(OC)cc1Br. The molecule has 24 heavy (non-hydrogen) atoms. The third-order valence-corrected chi connectivity index (χ3v) is 6.11. The molecular formula is C17H20BrNO4S. The Kier molecular flexibility index (Phi) is 5.90. The predicted molar refractivity (Wildman–Crippen MR) is 97.1 cm³/mol. The van der Waals surface area contributed by atoms with E-state index >= 15 is 0 Å². The molecule has 0 radical (unpaired) electrons. The van der Waals surface area contributed by atoms with Crippen molar-refractivity contribution in [2.75, 3.05) is 21.3 Å². The van der Waals surface area contributed by atoms with Crippen molar-refractivity contribution in [2.45, 2.75) is 18.4 Å². The maximum Gasteiger partial charge on any atom is 0.243 e. The molecule has 0 saturated carbocycles. The molecule has 130 valence electrons. The number of hydrogen-bond acceptors (Lipinski definition) is 4. The molecule has 0 fully saturated rings. The van der Waals surface area contributed by atoms with Crippen LogP contribution >= 0.6 is 15.9 Å². The maximum absolute atomic E-state index is 12.7. The normalized spacial score (nSPS) is 11.6. The van der Waals surface area contributed by atoms with Crippen molar-refractivity contribution in [1.29, 1.82) is 0 Å². The van der Waals surface area contributed by atoms with E-state index in [1.807, 2.05) is 6.92 Å². The van der Waals surface area contributed by atoms with Crippen LogP contribution in [-0.4, -0.2) is 34.0 Å². The molecule has 7 heteroatoms. The minimum absolute atomic E-state index is 0.170. The van der Waals surface area contributed by atoms with Gasteiger partial charge in [0.1, 0.15) is 11.5 Å². The molecule has 2 aromatic carbocycles. The highest BCUT2D eigenvalue weighted by atomic mass is 79.9. The quantitative estimate of drug-likeness (QED) is 0.725. The van der Waals surface area contributed by atoms with E-state index in [-0.39, 0.29) is 11.4 Å². The van der Waals surface area contributed by atoms with Gasteiger partial charge in [0.2, 0.25) is 10.0 Å². The van der Waals surface area contributed by atoms with E-state index in [4.69, 9.17) is 9.47 Å².